The molecule has 0 aromatic heterocycles. The lowest BCUT2D eigenvalue weighted by Crippen LogP contribution is -2.36. The monoisotopic (exact) mass is 197 g/mol. The van der Waals surface area contributed by atoms with Gasteiger partial charge in [-0.3, -0.25) is 4.90 Å². The third kappa shape index (κ3) is 3.23. The summed E-state index contributed by atoms with van der Waals surface area (Å²) in [5, 5.41) is 3.54. The van der Waals surface area contributed by atoms with Crippen molar-refractivity contribution in [3.63, 3.8) is 0 Å². The summed E-state index contributed by atoms with van der Waals surface area (Å²) in [5.74, 6) is 0. The Labute approximate surface area is 87.4 Å². The molecular formula is C11H23N3. The molecule has 3 nitrogen and oxygen atoms in total. The van der Waals surface area contributed by atoms with Crippen LogP contribution < -0.4 is 5.32 Å². The lowest BCUT2D eigenvalue weighted by atomic mass is 10.4. The summed E-state index contributed by atoms with van der Waals surface area (Å²) in [6, 6.07) is 0. The first-order chi connectivity index (χ1) is 6.95. The van der Waals surface area contributed by atoms with Crippen LogP contribution in [0.1, 0.15) is 25.7 Å². The maximum absolute atomic E-state index is 3.54. The molecule has 14 heavy (non-hydrogen) atoms. The van der Waals surface area contributed by atoms with Crippen molar-refractivity contribution in [1.29, 1.82) is 0 Å². The van der Waals surface area contributed by atoms with Gasteiger partial charge in [-0.25, -0.2) is 0 Å². The van der Waals surface area contributed by atoms with Crippen LogP contribution >= 0.6 is 0 Å². The largest absolute Gasteiger partial charge is 0.303 e. The summed E-state index contributed by atoms with van der Waals surface area (Å²) in [6.45, 7) is 8.77. The van der Waals surface area contributed by atoms with Crippen LogP contribution in [0, 0.1) is 0 Å². The van der Waals surface area contributed by atoms with Gasteiger partial charge in [-0.15, -0.1) is 0 Å². The summed E-state index contributed by atoms with van der Waals surface area (Å²) < 4.78 is 0. The van der Waals surface area contributed by atoms with Gasteiger partial charge in [-0.05, 0) is 51.9 Å². The predicted molar refractivity (Wildman–Crippen MR) is 59.4 cm³/mol. The normalized spacial score (nSPS) is 24.9. The third-order valence-electron chi connectivity index (χ3n) is 3.34. The van der Waals surface area contributed by atoms with Gasteiger partial charge in [-0.2, -0.15) is 0 Å². The lowest BCUT2D eigenvalue weighted by molar-refractivity contribution is 0.285. The van der Waals surface area contributed by atoms with Crippen LogP contribution in [0.15, 0.2) is 0 Å². The van der Waals surface area contributed by atoms with E-state index < -0.39 is 0 Å². The minimum absolute atomic E-state index is 1.10. The maximum atomic E-state index is 3.54. The van der Waals surface area contributed by atoms with Crippen LogP contribution in [0.3, 0.4) is 0 Å². The fraction of sp³-hybridized carbons (Fsp3) is 1.00. The molecule has 2 heterocycles. The quantitative estimate of drug-likeness (QED) is 0.655. The second-order valence-corrected chi connectivity index (χ2v) is 4.53. The molecule has 0 aromatic carbocycles. The van der Waals surface area contributed by atoms with Gasteiger partial charge in [0.15, 0.2) is 0 Å². The zero-order valence-corrected chi connectivity index (χ0v) is 9.17. The van der Waals surface area contributed by atoms with E-state index in [1.807, 2.05) is 0 Å². The fourth-order valence-corrected chi connectivity index (χ4v) is 2.42. The van der Waals surface area contributed by atoms with Crippen LogP contribution in [0.25, 0.3) is 0 Å². The third-order valence-corrected chi connectivity index (χ3v) is 3.34. The minimum Gasteiger partial charge on any atom is -0.303 e. The minimum atomic E-state index is 1.10. The van der Waals surface area contributed by atoms with Crippen molar-refractivity contribution in [2.24, 2.45) is 0 Å². The zero-order valence-electron chi connectivity index (χ0n) is 9.17. The average Bonchev–Trinajstić information content (AvgIpc) is 2.86. The van der Waals surface area contributed by atoms with Crippen LogP contribution in [0.4, 0.5) is 0 Å². The molecule has 0 saturated carbocycles. The van der Waals surface area contributed by atoms with Crippen molar-refractivity contribution < 1.29 is 0 Å². The van der Waals surface area contributed by atoms with Crippen molar-refractivity contribution in [3.05, 3.63) is 0 Å². The molecular weight excluding hydrogens is 174 g/mol. The summed E-state index contributed by atoms with van der Waals surface area (Å²) in [7, 11) is 0. The Morgan fingerprint density at radius 1 is 0.786 bits per heavy atom. The molecule has 1 N–H and O–H groups in total. The summed E-state index contributed by atoms with van der Waals surface area (Å²) >= 11 is 0. The van der Waals surface area contributed by atoms with Gasteiger partial charge in [0.25, 0.3) is 0 Å². The molecule has 0 aliphatic carbocycles. The second-order valence-electron chi connectivity index (χ2n) is 4.53. The molecule has 3 heteroatoms. The van der Waals surface area contributed by atoms with E-state index in [1.54, 1.807) is 0 Å². The first-order valence-corrected chi connectivity index (χ1v) is 6.10. The lowest BCUT2D eigenvalue weighted by Gasteiger charge is -2.18. The highest BCUT2D eigenvalue weighted by atomic mass is 15.2. The molecule has 2 fully saturated rings. The number of likely N-dealkylation sites (tertiary alicyclic amines) is 2. The number of nitrogens with zero attached hydrogens (tertiary/aromatic N) is 2. The van der Waals surface area contributed by atoms with Crippen molar-refractivity contribution >= 4 is 0 Å². The van der Waals surface area contributed by atoms with Gasteiger partial charge in [-0.1, -0.05) is 0 Å². The molecule has 0 atom stereocenters. The Balaban J connectivity index is 1.46. The van der Waals surface area contributed by atoms with E-state index in [0.717, 1.165) is 13.2 Å². The van der Waals surface area contributed by atoms with Crippen molar-refractivity contribution in [2.75, 3.05) is 45.9 Å². The molecule has 2 aliphatic rings. The molecule has 2 aliphatic heterocycles. The SMILES string of the molecule is C1CCN(CCNCN2CCCC2)C1. The Kier molecular flexibility index (Phi) is 4.22. The Hall–Kier alpha value is -0.120. The zero-order chi connectivity index (χ0) is 9.64. The van der Waals surface area contributed by atoms with Gasteiger partial charge in [0.2, 0.25) is 0 Å². The van der Waals surface area contributed by atoms with Crippen LogP contribution in [0.5, 0.6) is 0 Å². The summed E-state index contributed by atoms with van der Waals surface area (Å²) in [5.41, 5.74) is 0. The molecule has 2 saturated heterocycles. The second kappa shape index (κ2) is 5.69. The van der Waals surface area contributed by atoms with Gasteiger partial charge >= 0.3 is 0 Å². The van der Waals surface area contributed by atoms with Crippen molar-refractivity contribution in [1.82, 2.24) is 15.1 Å². The fourth-order valence-electron chi connectivity index (χ4n) is 2.42. The van der Waals surface area contributed by atoms with E-state index in [1.165, 1.54) is 58.4 Å². The molecule has 0 aromatic rings. The average molecular weight is 197 g/mol. The van der Waals surface area contributed by atoms with E-state index in [2.05, 4.69) is 15.1 Å². The highest BCUT2D eigenvalue weighted by molar-refractivity contribution is 4.68. The summed E-state index contributed by atoms with van der Waals surface area (Å²) in [4.78, 5) is 5.08. The number of nitrogens with one attached hydrogen (secondary N) is 1. The number of hydrogen-bond donors (Lipinski definition) is 1. The Bertz CT molecular complexity index is 131. The van der Waals surface area contributed by atoms with E-state index in [9.17, 15) is 0 Å². The maximum Gasteiger partial charge on any atom is 0.0480 e. The van der Waals surface area contributed by atoms with Gasteiger partial charge in [0, 0.05) is 19.8 Å². The van der Waals surface area contributed by atoms with E-state index in [-0.39, 0.29) is 0 Å². The van der Waals surface area contributed by atoms with E-state index >= 15 is 0 Å². The smallest absolute Gasteiger partial charge is 0.0480 e. The molecule has 0 amide bonds. The predicted octanol–water partition coefficient (Wildman–Crippen LogP) is 0.725. The van der Waals surface area contributed by atoms with Crippen molar-refractivity contribution in [2.45, 2.75) is 25.7 Å². The van der Waals surface area contributed by atoms with Gasteiger partial charge in [0.05, 0.1) is 0 Å². The molecule has 0 unspecified atom stereocenters. The van der Waals surface area contributed by atoms with Crippen molar-refractivity contribution in [3.8, 4) is 0 Å². The van der Waals surface area contributed by atoms with Crippen LogP contribution in [0.2, 0.25) is 0 Å². The molecule has 2 rings (SSSR count). The van der Waals surface area contributed by atoms with Crippen LogP contribution in [-0.2, 0) is 0 Å². The summed E-state index contributed by atoms with van der Waals surface area (Å²) in [6.07, 6.45) is 5.61. The standard InChI is InChI=1S/C11H23N3/c1-2-7-13(6-1)10-5-12-11-14-8-3-4-9-14/h12H,1-11H2. The topological polar surface area (TPSA) is 18.5 Å². The number of hydrogen-bond acceptors (Lipinski definition) is 3. The highest BCUT2D eigenvalue weighted by Crippen LogP contribution is 2.06. The van der Waals surface area contributed by atoms with Gasteiger partial charge < -0.3 is 10.2 Å². The molecule has 0 bridgehead atoms. The van der Waals surface area contributed by atoms with E-state index in [0.29, 0.717) is 0 Å². The van der Waals surface area contributed by atoms with Gasteiger partial charge in [0.1, 0.15) is 0 Å². The molecule has 0 spiro atoms. The van der Waals surface area contributed by atoms with Crippen LogP contribution in [-0.4, -0.2) is 55.7 Å². The Morgan fingerprint density at radius 2 is 1.36 bits per heavy atom. The molecule has 0 radical (unpaired) electrons. The first kappa shape index (κ1) is 10.4. The molecule has 82 valence electrons. The number of rotatable bonds is 5. The highest BCUT2D eigenvalue weighted by Gasteiger charge is 2.12. The van der Waals surface area contributed by atoms with E-state index in [4.69, 9.17) is 0 Å². The first-order valence-electron chi connectivity index (χ1n) is 6.10. The Morgan fingerprint density at radius 3 is 2.00 bits per heavy atom.